The summed E-state index contributed by atoms with van der Waals surface area (Å²) < 4.78 is 4.94. The maximum absolute atomic E-state index is 11.1. The van der Waals surface area contributed by atoms with Gasteiger partial charge in [0, 0.05) is 18.0 Å². The van der Waals surface area contributed by atoms with Gasteiger partial charge in [-0.25, -0.2) is 4.79 Å². The summed E-state index contributed by atoms with van der Waals surface area (Å²) in [6.07, 6.45) is 0.499. The number of carboxylic acids is 1. The Bertz CT molecular complexity index is 287. The smallest absolute Gasteiger partial charge is 0.333 e. The van der Waals surface area contributed by atoms with Gasteiger partial charge < -0.3 is 15.2 Å². The highest BCUT2D eigenvalue weighted by Gasteiger charge is 2.29. The molecule has 5 nitrogen and oxygen atoms in total. The molecule has 0 spiro atoms. The van der Waals surface area contributed by atoms with Crippen LogP contribution in [0, 0.1) is 5.92 Å². The second-order valence-corrected chi connectivity index (χ2v) is 3.78. The van der Waals surface area contributed by atoms with Crippen molar-refractivity contribution in [2.75, 3.05) is 13.2 Å². The number of esters is 1. The van der Waals surface area contributed by atoms with Gasteiger partial charge in [-0.3, -0.25) is 4.79 Å². The number of ether oxygens (including phenoxy) is 1. The number of carbonyl (C=O) groups excluding carboxylic acids is 1. The fourth-order valence-corrected chi connectivity index (χ4v) is 1.44. The predicted molar refractivity (Wildman–Crippen MR) is 53.3 cm³/mol. The van der Waals surface area contributed by atoms with Crippen LogP contribution >= 0.6 is 0 Å². The van der Waals surface area contributed by atoms with Crippen LogP contribution in [-0.4, -0.2) is 36.2 Å². The van der Waals surface area contributed by atoms with Crippen LogP contribution in [0.25, 0.3) is 0 Å². The fourth-order valence-electron chi connectivity index (χ4n) is 1.44. The molecule has 0 bridgehead atoms. The summed E-state index contributed by atoms with van der Waals surface area (Å²) in [5.74, 6) is -1.20. The van der Waals surface area contributed by atoms with E-state index in [-0.39, 0.29) is 12.5 Å². The minimum absolute atomic E-state index is 0.0781. The van der Waals surface area contributed by atoms with Gasteiger partial charge in [0.25, 0.3) is 0 Å². The molecule has 1 aliphatic heterocycles. The van der Waals surface area contributed by atoms with Gasteiger partial charge in [-0.15, -0.1) is 0 Å². The highest BCUT2D eigenvalue weighted by atomic mass is 16.5. The fraction of sp³-hybridized carbons (Fsp3) is 0.600. The summed E-state index contributed by atoms with van der Waals surface area (Å²) in [4.78, 5) is 21.7. The number of nitrogens with one attached hydrogen (secondary N) is 1. The second-order valence-electron chi connectivity index (χ2n) is 3.78. The summed E-state index contributed by atoms with van der Waals surface area (Å²) in [7, 11) is 0. The zero-order valence-corrected chi connectivity index (χ0v) is 8.66. The van der Waals surface area contributed by atoms with E-state index in [0.29, 0.717) is 18.5 Å². The number of hydrogen-bond donors (Lipinski definition) is 2. The molecular weight excluding hydrogens is 198 g/mol. The quantitative estimate of drug-likeness (QED) is 0.514. The summed E-state index contributed by atoms with van der Waals surface area (Å²) in [5.41, 5.74) is 0.357. The van der Waals surface area contributed by atoms with Gasteiger partial charge in [-0.1, -0.05) is 6.58 Å². The molecule has 1 rings (SSSR count). The minimum Gasteiger partial charge on any atom is -0.480 e. The van der Waals surface area contributed by atoms with Crippen LogP contribution in [0.2, 0.25) is 0 Å². The van der Waals surface area contributed by atoms with Crippen LogP contribution in [0.4, 0.5) is 0 Å². The van der Waals surface area contributed by atoms with Gasteiger partial charge in [-0.2, -0.15) is 0 Å². The Labute approximate surface area is 88.1 Å². The summed E-state index contributed by atoms with van der Waals surface area (Å²) >= 11 is 0. The Hall–Kier alpha value is -1.36. The van der Waals surface area contributed by atoms with Crippen LogP contribution < -0.4 is 5.32 Å². The van der Waals surface area contributed by atoms with Crippen LogP contribution in [0.5, 0.6) is 0 Å². The van der Waals surface area contributed by atoms with Crippen LogP contribution in [0.3, 0.4) is 0 Å². The molecule has 1 aliphatic rings. The van der Waals surface area contributed by atoms with Gasteiger partial charge in [0.1, 0.15) is 6.04 Å². The minimum atomic E-state index is -0.858. The zero-order chi connectivity index (χ0) is 11.4. The summed E-state index contributed by atoms with van der Waals surface area (Å²) in [5, 5.41) is 11.6. The van der Waals surface area contributed by atoms with E-state index in [1.165, 1.54) is 0 Å². The van der Waals surface area contributed by atoms with Crippen molar-refractivity contribution in [1.29, 1.82) is 0 Å². The monoisotopic (exact) mass is 213 g/mol. The Morgan fingerprint density at radius 1 is 1.60 bits per heavy atom. The average Bonchev–Trinajstić information content (AvgIpc) is 2.62. The third-order valence-electron chi connectivity index (χ3n) is 2.32. The van der Waals surface area contributed by atoms with Gasteiger partial charge >= 0.3 is 11.9 Å². The van der Waals surface area contributed by atoms with Crippen LogP contribution in [0.1, 0.15) is 13.3 Å². The van der Waals surface area contributed by atoms with Crippen molar-refractivity contribution in [3.63, 3.8) is 0 Å². The number of carbonyl (C=O) groups is 2. The second kappa shape index (κ2) is 4.93. The van der Waals surface area contributed by atoms with E-state index in [1.807, 2.05) is 0 Å². The van der Waals surface area contributed by atoms with Crippen molar-refractivity contribution < 1.29 is 19.4 Å². The molecule has 1 saturated heterocycles. The molecule has 15 heavy (non-hydrogen) atoms. The van der Waals surface area contributed by atoms with E-state index in [1.54, 1.807) is 6.92 Å². The van der Waals surface area contributed by atoms with E-state index in [9.17, 15) is 9.59 Å². The average molecular weight is 213 g/mol. The molecule has 0 aliphatic carbocycles. The van der Waals surface area contributed by atoms with Gasteiger partial charge in [0.05, 0.1) is 6.61 Å². The van der Waals surface area contributed by atoms with Crippen molar-refractivity contribution in [3.05, 3.63) is 12.2 Å². The SMILES string of the molecule is C=C(C)C(=O)OCC1CN[C@H](C(=O)O)C1. The van der Waals surface area contributed by atoms with E-state index in [0.717, 1.165) is 0 Å². The first-order valence-electron chi connectivity index (χ1n) is 4.79. The lowest BCUT2D eigenvalue weighted by atomic mass is 10.1. The van der Waals surface area contributed by atoms with E-state index < -0.39 is 18.0 Å². The molecule has 0 radical (unpaired) electrons. The van der Waals surface area contributed by atoms with E-state index in [2.05, 4.69) is 11.9 Å². The summed E-state index contributed by atoms with van der Waals surface area (Å²) in [6, 6.07) is -0.515. The van der Waals surface area contributed by atoms with Crippen molar-refractivity contribution in [2.24, 2.45) is 5.92 Å². The summed E-state index contributed by atoms with van der Waals surface area (Å²) in [6.45, 7) is 5.86. The molecule has 0 amide bonds. The third kappa shape index (κ3) is 3.36. The first-order chi connectivity index (χ1) is 7.00. The number of carboxylic acid groups (broad SMARTS) is 1. The largest absolute Gasteiger partial charge is 0.480 e. The normalized spacial score (nSPS) is 24.9. The number of rotatable bonds is 4. The third-order valence-corrected chi connectivity index (χ3v) is 2.32. The van der Waals surface area contributed by atoms with Crippen molar-refractivity contribution >= 4 is 11.9 Å². The van der Waals surface area contributed by atoms with Crippen molar-refractivity contribution in [1.82, 2.24) is 5.32 Å². The number of hydrogen-bond acceptors (Lipinski definition) is 4. The van der Waals surface area contributed by atoms with Crippen LogP contribution in [-0.2, 0) is 14.3 Å². The number of aliphatic carboxylic acids is 1. The first kappa shape index (κ1) is 11.7. The van der Waals surface area contributed by atoms with E-state index >= 15 is 0 Å². The molecule has 0 saturated carbocycles. The molecule has 1 fully saturated rings. The Morgan fingerprint density at radius 2 is 2.27 bits per heavy atom. The van der Waals surface area contributed by atoms with Gasteiger partial charge in [0.15, 0.2) is 0 Å². The molecule has 0 aromatic rings. The molecule has 1 unspecified atom stereocenters. The van der Waals surface area contributed by atoms with Crippen LogP contribution in [0.15, 0.2) is 12.2 Å². The lowest BCUT2D eigenvalue weighted by Crippen LogP contribution is -2.29. The standard InChI is InChI=1S/C10H15NO4/c1-6(2)10(14)15-5-7-3-8(9(12)13)11-4-7/h7-8,11H,1,3-5H2,2H3,(H,12,13)/t7?,8-/m0/s1. The first-order valence-corrected chi connectivity index (χ1v) is 4.79. The lowest BCUT2D eigenvalue weighted by molar-refractivity contribution is -0.140. The van der Waals surface area contributed by atoms with Crippen molar-refractivity contribution in [3.8, 4) is 0 Å². The zero-order valence-electron chi connectivity index (χ0n) is 8.66. The molecule has 2 N–H and O–H groups in total. The Kier molecular flexibility index (Phi) is 3.85. The van der Waals surface area contributed by atoms with Gasteiger partial charge in [-0.05, 0) is 13.3 Å². The maximum atomic E-state index is 11.1. The topological polar surface area (TPSA) is 75.6 Å². The molecule has 1 heterocycles. The molecule has 0 aromatic carbocycles. The Morgan fingerprint density at radius 3 is 2.73 bits per heavy atom. The predicted octanol–water partition coefficient (Wildman–Crippen LogP) is 0.168. The highest BCUT2D eigenvalue weighted by molar-refractivity contribution is 5.86. The maximum Gasteiger partial charge on any atom is 0.333 e. The molecular formula is C10H15NO4. The highest BCUT2D eigenvalue weighted by Crippen LogP contribution is 2.14. The van der Waals surface area contributed by atoms with Gasteiger partial charge in [0.2, 0.25) is 0 Å². The molecule has 84 valence electrons. The Balaban J connectivity index is 2.28. The molecule has 5 heteroatoms. The van der Waals surface area contributed by atoms with E-state index in [4.69, 9.17) is 9.84 Å². The molecule has 2 atom stereocenters. The lowest BCUT2D eigenvalue weighted by Gasteiger charge is -2.09. The molecule has 0 aromatic heterocycles. The van der Waals surface area contributed by atoms with Crippen molar-refractivity contribution in [2.45, 2.75) is 19.4 Å².